The molecule has 2 aromatic carbocycles. The van der Waals surface area contributed by atoms with Crippen molar-refractivity contribution >= 4 is 0 Å². The smallest absolute Gasteiger partial charge is 0.130 e. The highest BCUT2D eigenvalue weighted by Crippen LogP contribution is 2.37. The standard InChI is InChI=1S/C18H19F2N/c1-12-3-2-4-13(7-12)15-8-17(9-15)21-11-14-5-6-16(19)10-18(14)20/h2-7,10,15,17,21H,8-9,11H2,1H3. The van der Waals surface area contributed by atoms with E-state index in [9.17, 15) is 8.78 Å². The Morgan fingerprint density at radius 1 is 1.10 bits per heavy atom. The molecule has 0 unspecified atom stereocenters. The predicted octanol–water partition coefficient (Wildman–Crippen LogP) is 4.31. The Kier molecular flexibility index (Phi) is 4.02. The van der Waals surface area contributed by atoms with Crippen LogP contribution in [0, 0.1) is 18.6 Å². The van der Waals surface area contributed by atoms with Crippen molar-refractivity contribution in [1.29, 1.82) is 0 Å². The quantitative estimate of drug-likeness (QED) is 0.883. The van der Waals surface area contributed by atoms with Gasteiger partial charge in [0.15, 0.2) is 0 Å². The van der Waals surface area contributed by atoms with Gasteiger partial charge in [0.1, 0.15) is 11.6 Å². The number of rotatable bonds is 4. The van der Waals surface area contributed by atoms with Crippen LogP contribution >= 0.6 is 0 Å². The average molecular weight is 287 g/mol. The van der Waals surface area contributed by atoms with Crippen LogP contribution in [0.25, 0.3) is 0 Å². The zero-order valence-electron chi connectivity index (χ0n) is 12.1. The monoisotopic (exact) mass is 287 g/mol. The van der Waals surface area contributed by atoms with E-state index in [0.717, 1.165) is 18.9 Å². The van der Waals surface area contributed by atoms with Crippen molar-refractivity contribution in [2.75, 3.05) is 0 Å². The maximum Gasteiger partial charge on any atom is 0.130 e. The van der Waals surface area contributed by atoms with Gasteiger partial charge in [-0.25, -0.2) is 8.78 Å². The maximum atomic E-state index is 13.5. The third-order valence-electron chi connectivity index (χ3n) is 4.25. The van der Waals surface area contributed by atoms with Crippen molar-refractivity contribution in [3.63, 3.8) is 0 Å². The third kappa shape index (κ3) is 3.30. The first-order chi connectivity index (χ1) is 10.1. The fraction of sp³-hybridized carbons (Fsp3) is 0.333. The van der Waals surface area contributed by atoms with E-state index < -0.39 is 11.6 Å². The summed E-state index contributed by atoms with van der Waals surface area (Å²) in [5.74, 6) is -0.406. The second-order valence-electron chi connectivity index (χ2n) is 5.90. The van der Waals surface area contributed by atoms with Crippen molar-refractivity contribution in [2.24, 2.45) is 0 Å². The molecule has 0 amide bonds. The molecule has 0 bridgehead atoms. The lowest BCUT2D eigenvalue weighted by molar-refractivity contribution is 0.288. The van der Waals surface area contributed by atoms with E-state index in [2.05, 4.69) is 36.5 Å². The molecule has 0 aromatic heterocycles. The van der Waals surface area contributed by atoms with Crippen molar-refractivity contribution in [3.05, 3.63) is 70.8 Å². The number of halogens is 2. The third-order valence-corrected chi connectivity index (χ3v) is 4.25. The fourth-order valence-corrected chi connectivity index (χ4v) is 2.90. The van der Waals surface area contributed by atoms with E-state index in [1.165, 1.54) is 23.3 Å². The van der Waals surface area contributed by atoms with Crippen LogP contribution in [0.3, 0.4) is 0 Å². The van der Waals surface area contributed by atoms with Crippen LogP contribution in [0.5, 0.6) is 0 Å². The highest BCUT2D eigenvalue weighted by atomic mass is 19.1. The van der Waals surface area contributed by atoms with Gasteiger partial charge in [-0.05, 0) is 37.3 Å². The van der Waals surface area contributed by atoms with Gasteiger partial charge in [-0.3, -0.25) is 0 Å². The molecule has 0 radical (unpaired) electrons. The van der Waals surface area contributed by atoms with Gasteiger partial charge in [-0.1, -0.05) is 35.9 Å². The molecule has 0 spiro atoms. The van der Waals surface area contributed by atoms with Gasteiger partial charge >= 0.3 is 0 Å². The first-order valence-electron chi connectivity index (χ1n) is 7.35. The Morgan fingerprint density at radius 3 is 2.62 bits per heavy atom. The predicted molar refractivity (Wildman–Crippen MR) is 80.1 cm³/mol. The molecule has 1 fully saturated rings. The van der Waals surface area contributed by atoms with Crippen LogP contribution in [0.1, 0.15) is 35.4 Å². The summed E-state index contributed by atoms with van der Waals surface area (Å²) in [7, 11) is 0. The van der Waals surface area contributed by atoms with Crippen molar-refractivity contribution in [3.8, 4) is 0 Å². The molecule has 21 heavy (non-hydrogen) atoms. The lowest BCUT2D eigenvalue weighted by atomic mass is 9.75. The molecule has 1 aliphatic carbocycles. The van der Waals surface area contributed by atoms with Crippen molar-refractivity contribution in [2.45, 2.75) is 38.3 Å². The minimum absolute atomic E-state index is 0.417. The summed E-state index contributed by atoms with van der Waals surface area (Å²) >= 11 is 0. The van der Waals surface area contributed by atoms with E-state index in [-0.39, 0.29) is 0 Å². The van der Waals surface area contributed by atoms with Gasteiger partial charge in [0, 0.05) is 24.2 Å². The summed E-state index contributed by atoms with van der Waals surface area (Å²) in [6.07, 6.45) is 2.15. The van der Waals surface area contributed by atoms with Crippen LogP contribution in [0.2, 0.25) is 0 Å². The number of aryl methyl sites for hydroxylation is 1. The van der Waals surface area contributed by atoms with Gasteiger partial charge in [-0.2, -0.15) is 0 Å². The SMILES string of the molecule is Cc1cccc(C2CC(NCc3ccc(F)cc3F)C2)c1. The van der Waals surface area contributed by atoms with Gasteiger partial charge < -0.3 is 5.32 Å². The van der Waals surface area contributed by atoms with Crippen LogP contribution in [0.15, 0.2) is 42.5 Å². The van der Waals surface area contributed by atoms with Crippen LogP contribution < -0.4 is 5.32 Å². The highest BCUT2D eigenvalue weighted by molar-refractivity contribution is 5.28. The summed E-state index contributed by atoms with van der Waals surface area (Å²) in [6.45, 7) is 2.56. The van der Waals surface area contributed by atoms with Crippen LogP contribution in [-0.4, -0.2) is 6.04 Å². The van der Waals surface area contributed by atoms with E-state index in [4.69, 9.17) is 0 Å². The molecule has 3 rings (SSSR count). The van der Waals surface area contributed by atoms with E-state index in [0.29, 0.717) is 24.1 Å². The second kappa shape index (κ2) is 5.94. The molecule has 2 aromatic rings. The molecule has 1 aliphatic rings. The number of nitrogens with one attached hydrogen (secondary N) is 1. The molecular weight excluding hydrogens is 268 g/mol. The Labute approximate surface area is 124 Å². The summed E-state index contributed by atoms with van der Waals surface area (Å²) in [5.41, 5.74) is 3.20. The lowest BCUT2D eigenvalue weighted by Crippen LogP contribution is -2.39. The molecule has 1 N–H and O–H groups in total. The Hall–Kier alpha value is -1.74. The van der Waals surface area contributed by atoms with Gasteiger partial charge in [0.05, 0.1) is 0 Å². The van der Waals surface area contributed by atoms with Crippen LogP contribution in [-0.2, 0) is 6.54 Å². The van der Waals surface area contributed by atoms with E-state index in [1.807, 2.05) is 0 Å². The molecule has 0 aliphatic heterocycles. The lowest BCUT2D eigenvalue weighted by Gasteiger charge is -2.36. The summed E-state index contributed by atoms with van der Waals surface area (Å²) in [4.78, 5) is 0. The Balaban J connectivity index is 1.51. The minimum atomic E-state index is -0.528. The van der Waals surface area contributed by atoms with E-state index >= 15 is 0 Å². The molecule has 0 atom stereocenters. The first-order valence-corrected chi connectivity index (χ1v) is 7.35. The molecule has 0 heterocycles. The van der Waals surface area contributed by atoms with Gasteiger partial charge in [-0.15, -0.1) is 0 Å². The Bertz CT molecular complexity index is 633. The van der Waals surface area contributed by atoms with Crippen molar-refractivity contribution < 1.29 is 8.78 Å². The zero-order valence-corrected chi connectivity index (χ0v) is 12.1. The number of benzene rings is 2. The van der Waals surface area contributed by atoms with E-state index in [1.54, 1.807) is 0 Å². The van der Waals surface area contributed by atoms with Gasteiger partial charge in [0.2, 0.25) is 0 Å². The summed E-state index contributed by atoms with van der Waals surface area (Å²) in [6, 6.07) is 12.8. The molecule has 1 nitrogen and oxygen atoms in total. The molecule has 110 valence electrons. The van der Waals surface area contributed by atoms with Crippen LogP contribution in [0.4, 0.5) is 8.78 Å². The number of hydrogen-bond acceptors (Lipinski definition) is 1. The first kappa shape index (κ1) is 14.2. The molecular formula is C18H19F2N. The summed E-state index contributed by atoms with van der Waals surface area (Å²) in [5, 5.41) is 3.35. The maximum absolute atomic E-state index is 13.5. The van der Waals surface area contributed by atoms with Crippen molar-refractivity contribution in [1.82, 2.24) is 5.32 Å². The highest BCUT2D eigenvalue weighted by Gasteiger charge is 2.29. The normalized spacial score (nSPS) is 21.1. The van der Waals surface area contributed by atoms with Gasteiger partial charge in [0.25, 0.3) is 0 Å². The average Bonchev–Trinajstić information content (AvgIpc) is 2.39. The summed E-state index contributed by atoms with van der Waals surface area (Å²) < 4.78 is 26.4. The largest absolute Gasteiger partial charge is 0.310 e. The zero-order chi connectivity index (χ0) is 14.8. The number of hydrogen-bond donors (Lipinski definition) is 1. The molecule has 1 saturated carbocycles. The fourth-order valence-electron chi connectivity index (χ4n) is 2.90. The topological polar surface area (TPSA) is 12.0 Å². The second-order valence-corrected chi connectivity index (χ2v) is 5.90. The Morgan fingerprint density at radius 2 is 1.90 bits per heavy atom. The minimum Gasteiger partial charge on any atom is -0.310 e. The molecule has 0 saturated heterocycles. The molecule has 3 heteroatoms.